The molecule has 1 unspecified atom stereocenters. The highest BCUT2D eigenvalue weighted by Crippen LogP contribution is 1.95. The number of ether oxygens (including phenoxy) is 1. The number of esters is 1. The second-order valence-electron chi connectivity index (χ2n) is 2.60. The van der Waals surface area contributed by atoms with E-state index < -0.39 is 12.0 Å². The van der Waals surface area contributed by atoms with Crippen LogP contribution in [0.2, 0.25) is 0 Å². The van der Waals surface area contributed by atoms with E-state index in [9.17, 15) is 4.79 Å². The van der Waals surface area contributed by atoms with Crippen LogP contribution in [0.15, 0.2) is 0 Å². The molecule has 11 heavy (non-hydrogen) atoms. The normalized spacial score (nSPS) is 13.2. The molecule has 4 nitrogen and oxygen atoms in total. The van der Waals surface area contributed by atoms with E-state index in [1.54, 1.807) is 13.8 Å². The average Bonchev–Trinajstić information content (AvgIpc) is 1.86. The fraction of sp³-hybridized carbons (Fsp3) is 0.857. The highest BCUT2D eigenvalue weighted by atomic mass is 16.5. The standard InChI is InChI=1S/C7H15NO3/c1-5(2)11-7(10)6(8)3-4-9/h5-6,9H,3-4,8H2,1-2H3. The molecule has 0 aromatic rings. The lowest BCUT2D eigenvalue weighted by Crippen LogP contribution is -2.34. The maximum atomic E-state index is 10.9. The second-order valence-corrected chi connectivity index (χ2v) is 2.60. The molecular weight excluding hydrogens is 146 g/mol. The SMILES string of the molecule is CC(C)OC(=O)C(N)CCO. The molecule has 66 valence electrons. The van der Waals surface area contributed by atoms with Crippen LogP contribution in [0.4, 0.5) is 0 Å². The number of rotatable bonds is 4. The molecule has 0 saturated carbocycles. The van der Waals surface area contributed by atoms with Crippen LogP contribution >= 0.6 is 0 Å². The number of carbonyl (C=O) groups is 1. The first-order chi connectivity index (χ1) is 5.07. The summed E-state index contributed by atoms with van der Waals surface area (Å²) in [7, 11) is 0. The molecule has 4 heteroatoms. The summed E-state index contributed by atoms with van der Waals surface area (Å²) in [6.45, 7) is 3.42. The van der Waals surface area contributed by atoms with Gasteiger partial charge in [0.25, 0.3) is 0 Å². The van der Waals surface area contributed by atoms with E-state index in [-0.39, 0.29) is 19.1 Å². The Balaban J connectivity index is 3.64. The monoisotopic (exact) mass is 161 g/mol. The third-order valence-electron chi connectivity index (χ3n) is 1.09. The van der Waals surface area contributed by atoms with Gasteiger partial charge < -0.3 is 15.6 Å². The smallest absolute Gasteiger partial charge is 0.323 e. The molecule has 0 saturated heterocycles. The van der Waals surface area contributed by atoms with Crippen molar-refractivity contribution in [3.8, 4) is 0 Å². The van der Waals surface area contributed by atoms with Crippen molar-refractivity contribution in [3.05, 3.63) is 0 Å². The Morgan fingerprint density at radius 3 is 2.55 bits per heavy atom. The van der Waals surface area contributed by atoms with E-state index in [2.05, 4.69) is 0 Å². The Hall–Kier alpha value is -0.610. The van der Waals surface area contributed by atoms with Crippen molar-refractivity contribution in [3.63, 3.8) is 0 Å². The lowest BCUT2D eigenvalue weighted by Gasteiger charge is -2.12. The van der Waals surface area contributed by atoms with E-state index in [0.29, 0.717) is 0 Å². The quantitative estimate of drug-likeness (QED) is 0.553. The summed E-state index contributed by atoms with van der Waals surface area (Å²) in [4.78, 5) is 10.9. The lowest BCUT2D eigenvalue weighted by molar-refractivity contribution is -0.149. The Kier molecular flexibility index (Phi) is 4.81. The summed E-state index contributed by atoms with van der Waals surface area (Å²) in [5.41, 5.74) is 5.34. The van der Waals surface area contributed by atoms with Crippen molar-refractivity contribution in [2.75, 3.05) is 6.61 Å². The Morgan fingerprint density at radius 2 is 2.18 bits per heavy atom. The number of hydrogen-bond acceptors (Lipinski definition) is 4. The van der Waals surface area contributed by atoms with Gasteiger partial charge in [-0.15, -0.1) is 0 Å². The van der Waals surface area contributed by atoms with Crippen LogP contribution in [-0.2, 0) is 9.53 Å². The summed E-state index contributed by atoms with van der Waals surface area (Å²) in [6.07, 6.45) is 0.109. The summed E-state index contributed by atoms with van der Waals surface area (Å²) >= 11 is 0. The van der Waals surface area contributed by atoms with Gasteiger partial charge in [-0.25, -0.2) is 0 Å². The highest BCUT2D eigenvalue weighted by Gasteiger charge is 2.14. The lowest BCUT2D eigenvalue weighted by atomic mass is 10.2. The Morgan fingerprint density at radius 1 is 1.64 bits per heavy atom. The fourth-order valence-electron chi connectivity index (χ4n) is 0.577. The summed E-state index contributed by atoms with van der Waals surface area (Å²) in [5.74, 6) is -0.450. The van der Waals surface area contributed by atoms with Crippen LogP contribution < -0.4 is 5.73 Å². The molecule has 0 spiro atoms. The van der Waals surface area contributed by atoms with Crippen molar-refractivity contribution < 1.29 is 14.6 Å². The van der Waals surface area contributed by atoms with Gasteiger partial charge >= 0.3 is 5.97 Å². The predicted molar refractivity (Wildman–Crippen MR) is 40.9 cm³/mol. The topological polar surface area (TPSA) is 72.5 Å². The predicted octanol–water partition coefficient (Wildman–Crippen LogP) is -0.352. The molecule has 0 heterocycles. The van der Waals surface area contributed by atoms with E-state index >= 15 is 0 Å². The summed E-state index contributed by atoms with van der Waals surface area (Å²) in [5, 5.41) is 8.43. The van der Waals surface area contributed by atoms with Gasteiger partial charge in [-0.3, -0.25) is 4.79 Å². The fourth-order valence-corrected chi connectivity index (χ4v) is 0.577. The van der Waals surface area contributed by atoms with Crippen LogP contribution in [0.3, 0.4) is 0 Å². The van der Waals surface area contributed by atoms with Crippen LogP contribution in [-0.4, -0.2) is 29.8 Å². The van der Waals surface area contributed by atoms with Crippen LogP contribution in [0, 0.1) is 0 Å². The average molecular weight is 161 g/mol. The highest BCUT2D eigenvalue weighted by molar-refractivity contribution is 5.75. The molecule has 0 aliphatic heterocycles. The third-order valence-corrected chi connectivity index (χ3v) is 1.09. The van der Waals surface area contributed by atoms with E-state index in [1.165, 1.54) is 0 Å². The zero-order chi connectivity index (χ0) is 8.85. The molecule has 0 bridgehead atoms. The molecule has 0 radical (unpaired) electrons. The Labute approximate surface area is 66.3 Å². The van der Waals surface area contributed by atoms with Gasteiger partial charge in [0, 0.05) is 6.61 Å². The maximum absolute atomic E-state index is 10.9. The number of hydrogen-bond donors (Lipinski definition) is 2. The minimum Gasteiger partial charge on any atom is -0.462 e. The van der Waals surface area contributed by atoms with Crippen LogP contribution in [0.1, 0.15) is 20.3 Å². The maximum Gasteiger partial charge on any atom is 0.323 e. The zero-order valence-corrected chi connectivity index (χ0v) is 6.91. The van der Waals surface area contributed by atoms with Gasteiger partial charge in [-0.2, -0.15) is 0 Å². The van der Waals surface area contributed by atoms with Crippen LogP contribution in [0.5, 0.6) is 0 Å². The number of nitrogens with two attached hydrogens (primary N) is 1. The second kappa shape index (κ2) is 5.09. The minimum atomic E-state index is -0.692. The van der Waals surface area contributed by atoms with Gasteiger partial charge in [0.15, 0.2) is 0 Å². The van der Waals surface area contributed by atoms with E-state index in [0.717, 1.165) is 0 Å². The van der Waals surface area contributed by atoms with E-state index in [4.69, 9.17) is 15.6 Å². The molecule has 1 atom stereocenters. The molecule has 0 aromatic carbocycles. The van der Waals surface area contributed by atoms with Crippen molar-refractivity contribution >= 4 is 5.97 Å². The first-order valence-corrected chi connectivity index (χ1v) is 3.65. The number of aliphatic hydroxyl groups excluding tert-OH is 1. The number of carbonyl (C=O) groups excluding carboxylic acids is 1. The van der Waals surface area contributed by atoms with Crippen molar-refractivity contribution in [2.45, 2.75) is 32.4 Å². The first kappa shape index (κ1) is 10.4. The largest absolute Gasteiger partial charge is 0.462 e. The molecule has 0 aliphatic carbocycles. The summed E-state index contributed by atoms with van der Waals surface area (Å²) < 4.78 is 4.79. The number of aliphatic hydroxyl groups is 1. The molecular formula is C7H15NO3. The molecule has 3 N–H and O–H groups in total. The van der Waals surface area contributed by atoms with Gasteiger partial charge in [-0.05, 0) is 20.3 Å². The third kappa shape index (κ3) is 4.75. The van der Waals surface area contributed by atoms with Gasteiger partial charge in [0.1, 0.15) is 6.04 Å². The molecule has 0 aliphatic rings. The van der Waals surface area contributed by atoms with Crippen LogP contribution in [0.25, 0.3) is 0 Å². The van der Waals surface area contributed by atoms with Gasteiger partial charge in [0.05, 0.1) is 6.10 Å². The molecule has 0 rings (SSSR count). The van der Waals surface area contributed by atoms with Gasteiger partial charge in [0.2, 0.25) is 0 Å². The van der Waals surface area contributed by atoms with Crippen molar-refractivity contribution in [2.24, 2.45) is 5.73 Å². The Bertz CT molecular complexity index is 125. The van der Waals surface area contributed by atoms with E-state index in [1.807, 2.05) is 0 Å². The first-order valence-electron chi connectivity index (χ1n) is 3.65. The molecule has 0 fully saturated rings. The van der Waals surface area contributed by atoms with Crippen molar-refractivity contribution in [1.82, 2.24) is 0 Å². The van der Waals surface area contributed by atoms with Crippen molar-refractivity contribution in [1.29, 1.82) is 0 Å². The summed E-state index contributed by atoms with van der Waals surface area (Å²) in [6, 6.07) is -0.692. The molecule has 0 amide bonds. The van der Waals surface area contributed by atoms with Gasteiger partial charge in [-0.1, -0.05) is 0 Å². The minimum absolute atomic E-state index is 0.0889. The zero-order valence-electron chi connectivity index (χ0n) is 6.91. The molecule has 0 aromatic heterocycles.